The predicted molar refractivity (Wildman–Crippen MR) is 48.4 cm³/mol. The monoisotopic (exact) mass is 178 g/mol. The van der Waals surface area contributed by atoms with Crippen LogP contribution in [0.3, 0.4) is 0 Å². The van der Waals surface area contributed by atoms with Crippen molar-refractivity contribution in [3.05, 3.63) is 35.1 Å². The van der Waals surface area contributed by atoms with Gasteiger partial charge in [0, 0.05) is 0 Å². The van der Waals surface area contributed by atoms with E-state index in [0.29, 0.717) is 5.92 Å². The van der Waals surface area contributed by atoms with Crippen LogP contribution in [0.2, 0.25) is 0 Å². The second kappa shape index (κ2) is 2.95. The molecular weight excluding hydrogens is 167 g/mol. The third-order valence-corrected chi connectivity index (χ3v) is 2.42. The van der Waals surface area contributed by atoms with Gasteiger partial charge in [0.2, 0.25) is 0 Å². The first-order chi connectivity index (χ1) is 6.18. The predicted octanol–water partition coefficient (Wildman–Crippen LogP) is 2.91. The normalized spacial score (nSPS) is 15.8. The van der Waals surface area contributed by atoms with Crippen molar-refractivity contribution in [2.45, 2.75) is 25.7 Å². The van der Waals surface area contributed by atoms with E-state index >= 15 is 0 Å². The Balaban J connectivity index is 2.36. The molecular formula is C11H11FO. The van der Waals surface area contributed by atoms with Crippen molar-refractivity contribution in [1.82, 2.24) is 0 Å². The van der Waals surface area contributed by atoms with Crippen molar-refractivity contribution in [3.63, 3.8) is 0 Å². The maximum atomic E-state index is 13.3. The average molecular weight is 178 g/mol. The number of Topliss-reactive ketones (excluding diaryl/α,β-unsaturated/α-hetero) is 1. The molecule has 1 aromatic rings. The summed E-state index contributed by atoms with van der Waals surface area (Å²) >= 11 is 0. The summed E-state index contributed by atoms with van der Waals surface area (Å²) in [6.45, 7) is 1.38. The summed E-state index contributed by atoms with van der Waals surface area (Å²) < 4.78 is 13.3. The van der Waals surface area contributed by atoms with Crippen LogP contribution in [0.15, 0.2) is 18.2 Å². The van der Waals surface area contributed by atoms with E-state index in [1.165, 1.54) is 13.0 Å². The Bertz CT molecular complexity index is 353. The van der Waals surface area contributed by atoms with E-state index < -0.39 is 0 Å². The summed E-state index contributed by atoms with van der Waals surface area (Å²) in [5, 5.41) is 0. The van der Waals surface area contributed by atoms with Gasteiger partial charge in [-0.05, 0) is 43.4 Å². The number of carbonyl (C=O) groups is 1. The van der Waals surface area contributed by atoms with Crippen LogP contribution in [0, 0.1) is 5.82 Å². The Labute approximate surface area is 76.6 Å². The molecule has 0 spiro atoms. The zero-order chi connectivity index (χ0) is 9.42. The lowest BCUT2D eigenvalue weighted by Gasteiger charge is -2.01. The van der Waals surface area contributed by atoms with E-state index in [9.17, 15) is 9.18 Å². The molecule has 68 valence electrons. The van der Waals surface area contributed by atoms with Gasteiger partial charge in [0.15, 0.2) is 5.78 Å². The first kappa shape index (κ1) is 8.42. The number of rotatable bonds is 2. The van der Waals surface area contributed by atoms with Crippen molar-refractivity contribution in [2.24, 2.45) is 0 Å². The number of benzene rings is 1. The van der Waals surface area contributed by atoms with Crippen molar-refractivity contribution in [3.8, 4) is 0 Å². The highest BCUT2D eigenvalue weighted by Crippen LogP contribution is 2.40. The molecule has 0 N–H and O–H groups in total. The number of halogens is 1. The maximum Gasteiger partial charge on any atom is 0.162 e. The summed E-state index contributed by atoms with van der Waals surface area (Å²) in [4.78, 5) is 10.9. The lowest BCUT2D eigenvalue weighted by atomic mass is 10.1. The third kappa shape index (κ3) is 1.62. The average Bonchev–Trinajstić information content (AvgIpc) is 2.85. The largest absolute Gasteiger partial charge is 0.294 e. The Kier molecular flexibility index (Phi) is 1.91. The molecule has 0 heterocycles. The smallest absolute Gasteiger partial charge is 0.162 e. The summed E-state index contributed by atoms with van der Waals surface area (Å²) in [5.41, 5.74) is 1.23. The highest BCUT2D eigenvalue weighted by Gasteiger charge is 2.24. The second-order valence-corrected chi connectivity index (χ2v) is 3.57. The van der Waals surface area contributed by atoms with E-state index in [0.717, 1.165) is 18.4 Å². The second-order valence-electron chi connectivity index (χ2n) is 3.57. The lowest BCUT2D eigenvalue weighted by molar-refractivity contribution is 0.101. The van der Waals surface area contributed by atoms with Crippen LogP contribution in [0.1, 0.15) is 41.6 Å². The Morgan fingerprint density at radius 3 is 2.62 bits per heavy atom. The molecule has 2 heteroatoms. The van der Waals surface area contributed by atoms with Gasteiger partial charge in [0.25, 0.3) is 0 Å². The van der Waals surface area contributed by atoms with Gasteiger partial charge in [-0.1, -0.05) is 6.07 Å². The van der Waals surface area contributed by atoms with Crippen LogP contribution >= 0.6 is 0 Å². The molecule has 0 aromatic heterocycles. The van der Waals surface area contributed by atoms with E-state index in [-0.39, 0.29) is 17.2 Å². The van der Waals surface area contributed by atoms with Crippen LogP contribution in [0.4, 0.5) is 4.39 Å². The molecule has 0 amide bonds. The van der Waals surface area contributed by atoms with Crippen LogP contribution in [-0.4, -0.2) is 5.78 Å². The molecule has 13 heavy (non-hydrogen) atoms. The molecule has 2 rings (SSSR count). The van der Waals surface area contributed by atoms with E-state index in [1.54, 1.807) is 6.07 Å². The van der Waals surface area contributed by atoms with Crippen molar-refractivity contribution < 1.29 is 9.18 Å². The minimum Gasteiger partial charge on any atom is -0.294 e. The van der Waals surface area contributed by atoms with E-state index in [2.05, 4.69) is 0 Å². The molecule has 1 saturated carbocycles. The minimum absolute atomic E-state index is 0.199. The minimum atomic E-state index is -0.378. The van der Waals surface area contributed by atoms with Crippen LogP contribution < -0.4 is 0 Å². The van der Waals surface area contributed by atoms with E-state index in [4.69, 9.17) is 0 Å². The summed E-state index contributed by atoms with van der Waals surface area (Å²) in [6.07, 6.45) is 2.30. The first-order valence-electron chi connectivity index (χ1n) is 4.49. The summed E-state index contributed by atoms with van der Waals surface area (Å²) in [5.74, 6) is -0.0488. The molecule has 1 aliphatic carbocycles. The van der Waals surface area contributed by atoms with Crippen molar-refractivity contribution >= 4 is 5.78 Å². The molecule has 1 nitrogen and oxygen atoms in total. The molecule has 1 fully saturated rings. The molecule has 0 aliphatic heterocycles. The van der Waals surface area contributed by atoms with Gasteiger partial charge in [0.1, 0.15) is 5.82 Å². The SMILES string of the molecule is CC(=O)c1ccc(C2CC2)cc1F. The van der Waals surface area contributed by atoms with Crippen molar-refractivity contribution in [1.29, 1.82) is 0 Å². The quantitative estimate of drug-likeness (QED) is 0.636. The molecule has 0 atom stereocenters. The van der Waals surface area contributed by atoms with Gasteiger partial charge >= 0.3 is 0 Å². The maximum absolute atomic E-state index is 13.3. The standard InChI is InChI=1S/C11H11FO/c1-7(13)10-5-4-9(6-11(10)12)8-2-3-8/h4-6,8H,2-3H2,1H3. The van der Waals surface area contributed by atoms with Crippen LogP contribution in [0.25, 0.3) is 0 Å². The molecule has 0 bridgehead atoms. The molecule has 0 radical (unpaired) electrons. The molecule has 0 unspecified atom stereocenters. The first-order valence-corrected chi connectivity index (χ1v) is 4.49. The molecule has 1 aromatic carbocycles. The Morgan fingerprint density at radius 1 is 1.46 bits per heavy atom. The number of hydrogen-bond acceptors (Lipinski definition) is 1. The van der Waals surface area contributed by atoms with E-state index in [1.807, 2.05) is 6.07 Å². The fourth-order valence-corrected chi connectivity index (χ4v) is 1.49. The Hall–Kier alpha value is -1.18. The fraction of sp³-hybridized carbons (Fsp3) is 0.364. The van der Waals surface area contributed by atoms with Gasteiger partial charge in [-0.3, -0.25) is 4.79 Å². The number of ketones is 1. The van der Waals surface area contributed by atoms with Gasteiger partial charge in [-0.2, -0.15) is 0 Å². The van der Waals surface area contributed by atoms with Crippen LogP contribution in [-0.2, 0) is 0 Å². The van der Waals surface area contributed by atoms with Gasteiger partial charge in [-0.25, -0.2) is 4.39 Å². The third-order valence-electron chi connectivity index (χ3n) is 2.42. The highest BCUT2D eigenvalue weighted by atomic mass is 19.1. The van der Waals surface area contributed by atoms with Crippen molar-refractivity contribution in [2.75, 3.05) is 0 Å². The fourth-order valence-electron chi connectivity index (χ4n) is 1.49. The summed E-state index contributed by atoms with van der Waals surface area (Å²) in [7, 11) is 0. The highest BCUT2D eigenvalue weighted by molar-refractivity contribution is 5.94. The van der Waals surface area contributed by atoms with Gasteiger partial charge in [0.05, 0.1) is 5.56 Å². The zero-order valence-electron chi connectivity index (χ0n) is 7.51. The molecule has 1 aliphatic rings. The summed E-state index contributed by atoms with van der Waals surface area (Å²) in [6, 6.07) is 4.94. The topological polar surface area (TPSA) is 17.1 Å². The molecule has 0 saturated heterocycles. The number of carbonyl (C=O) groups excluding carboxylic acids is 1. The number of hydrogen-bond donors (Lipinski definition) is 0. The Morgan fingerprint density at radius 2 is 2.15 bits per heavy atom. The van der Waals surface area contributed by atoms with Gasteiger partial charge in [-0.15, -0.1) is 0 Å². The lowest BCUT2D eigenvalue weighted by Crippen LogP contribution is -1.97. The van der Waals surface area contributed by atoms with Crippen LogP contribution in [0.5, 0.6) is 0 Å². The zero-order valence-corrected chi connectivity index (χ0v) is 7.51. The van der Waals surface area contributed by atoms with Gasteiger partial charge < -0.3 is 0 Å².